The number of benzene rings is 1. The van der Waals surface area contributed by atoms with Crippen LogP contribution < -0.4 is 4.74 Å². The molecule has 3 aromatic rings. The summed E-state index contributed by atoms with van der Waals surface area (Å²) in [6.07, 6.45) is 4.72. The van der Waals surface area contributed by atoms with E-state index in [1.165, 1.54) is 11.3 Å². The summed E-state index contributed by atoms with van der Waals surface area (Å²) < 4.78 is 21.3. The van der Waals surface area contributed by atoms with Gasteiger partial charge in [-0.25, -0.2) is 9.67 Å². The van der Waals surface area contributed by atoms with Crippen LogP contribution in [0.3, 0.4) is 0 Å². The van der Waals surface area contributed by atoms with E-state index in [4.69, 9.17) is 14.2 Å². The zero-order valence-corrected chi connectivity index (χ0v) is 18.7. The number of rotatable bonds is 8. The number of nitrogens with zero attached hydrogens (tertiary/aromatic N) is 4. The molecule has 7 heteroatoms. The quantitative estimate of drug-likeness (QED) is 0.503. The highest BCUT2D eigenvalue weighted by atomic mass is 16.5. The second-order valence-electron chi connectivity index (χ2n) is 7.64. The predicted molar refractivity (Wildman–Crippen MR) is 121 cm³/mol. The number of aromatic nitrogens is 4. The molecule has 31 heavy (non-hydrogen) atoms. The van der Waals surface area contributed by atoms with Crippen LogP contribution in [0.4, 0.5) is 0 Å². The van der Waals surface area contributed by atoms with Crippen molar-refractivity contribution < 1.29 is 14.2 Å². The largest absolute Gasteiger partial charge is 0.494 e. The first kappa shape index (κ1) is 21.2. The summed E-state index contributed by atoms with van der Waals surface area (Å²) >= 11 is 0. The summed E-state index contributed by atoms with van der Waals surface area (Å²) in [6.45, 7) is 12.8. The highest BCUT2D eigenvalue weighted by Gasteiger charge is 2.25. The standard InChI is InChI=1S/C24H30N4O3/c1-6-19-21(24-25-15-26-28(24)13-16(3)29-5)14-27-10-11-31-22-12-18(17(4)30-7-2)8-9-20(22)23(19)27/h8-9,12,14-16H,4,6-7,10-11,13H2,1-3,5H3. The second-order valence-corrected chi connectivity index (χ2v) is 7.64. The van der Waals surface area contributed by atoms with Gasteiger partial charge in [-0.15, -0.1) is 0 Å². The Hall–Kier alpha value is -3.06. The van der Waals surface area contributed by atoms with Gasteiger partial charge >= 0.3 is 0 Å². The zero-order valence-electron chi connectivity index (χ0n) is 18.7. The van der Waals surface area contributed by atoms with Crippen molar-refractivity contribution in [2.24, 2.45) is 0 Å². The first-order valence-corrected chi connectivity index (χ1v) is 10.8. The summed E-state index contributed by atoms with van der Waals surface area (Å²) in [4.78, 5) is 4.59. The average Bonchev–Trinajstić information content (AvgIpc) is 3.32. The molecule has 1 aliphatic heterocycles. The maximum atomic E-state index is 6.11. The van der Waals surface area contributed by atoms with Gasteiger partial charge in [-0.05, 0) is 38.0 Å². The highest BCUT2D eigenvalue weighted by molar-refractivity contribution is 5.80. The Balaban J connectivity index is 1.81. The molecule has 0 fully saturated rings. The molecule has 0 saturated heterocycles. The van der Waals surface area contributed by atoms with Gasteiger partial charge in [0.05, 0.1) is 31.5 Å². The molecule has 1 aliphatic rings. The highest BCUT2D eigenvalue weighted by Crippen LogP contribution is 2.41. The summed E-state index contributed by atoms with van der Waals surface area (Å²) in [6, 6.07) is 6.18. The van der Waals surface area contributed by atoms with Crippen molar-refractivity contribution in [2.45, 2.75) is 46.4 Å². The van der Waals surface area contributed by atoms with E-state index in [1.54, 1.807) is 13.4 Å². The Morgan fingerprint density at radius 2 is 2.13 bits per heavy atom. The summed E-state index contributed by atoms with van der Waals surface area (Å²) in [5, 5.41) is 4.44. The Kier molecular flexibility index (Phi) is 6.13. The Labute approximate surface area is 183 Å². The number of ether oxygens (including phenoxy) is 3. The fourth-order valence-corrected chi connectivity index (χ4v) is 4.09. The van der Waals surface area contributed by atoms with Crippen molar-refractivity contribution in [1.29, 1.82) is 0 Å². The van der Waals surface area contributed by atoms with Crippen LogP contribution in [0.25, 0.3) is 28.4 Å². The van der Waals surface area contributed by atoms with Gasteiger partial charge in [0.15, 0.2) is 5.82 Å². The molecule has 0 N–H and O–H groups in total. The molecule has 164 valence electrons. The number of hydrogen-bond acceptors (Lipinski definition) is 5. The first-order chi connectivity index (χ1) is 15.1. The Morgan fingerprint density at radius 1 is 1.29 bits per heavy atom. The molecule has 0 saturated carbocycles. The topological polar surface area (TPSA) is 63.3 Å². The molecule has 7 nitrogen and oxygen atoms in total. The van der Waals surface area contributed by atoms with Crippen molar-refractivity contribution in [3.63, 3.8) is 0 Å². The van der Waals surface area contributed by atoms with Crippen molar-refractivity contribution >= 4 is 5.76 Å². The van der Waals surface area contributed by atoms with Crippen LogP contribution in [0.1, 0.15) is 31.9 Å². The zero-order chi connectivity index (χ0) is 22.0. The van der Waals surface area contributed by atoms with Gasteiger partial charge in [-0.2, -0.15) is 5.10 Å². The first-order valence-electron chi connectivity index (χ1n) is 10.8. The molecule has 4 rings (SSSR count). The van der Waals surface area contributed by atoms with E-state index in [1.807, 2.05) is 30.7 Å². The average molecular weight is 423 g/mol. The van der Waals surface area contributed by atoms with E-state index in [0.29, 0.717) is 25.5 Å². The molecular formula is C24H30N4O3. The fraction of sp³-hybridized carbons (Fsp3) is 0.417. The van der Waals surface area contributed by atoms with Crippen molar-refractivity contribution in [1.82, 2.24) is 19.3 Å². The van der Waals surface area contributed by atoms with Gasteiger partial charge in [0.2, 0.25) is 0 Å². The molecule has 0 amide bonds. The van der Waals surface area contributed by atoms with E-state index in [2.05, 4.69) is 40.4 Å². The lowest BCUT2D eigenvalue weighted by Gasteiger charge is -2.14. The third kappa shape index (κ3) is 3.97. The van der Waals surface area contributed by atoms with Gasteiger partial charge < -0.3 is 18.8 Å². The van der Waals surface area contributed by atoms with Gasteiger partial charge in [0.25, 0.3) is 0 Å². The minimum Gasteiger partial charge on any atom is -0.494 e. The summed E-state index contributed by atoms with van der Waals surface area (Å²) in [5.41, 5.74) is 5.53. The van der Waals surface area contributed by atoms with Gasteiger partial charge in [-0.3, -0.25) is 0 Å². The molecule has 3 heterocycles. The van der Waals surface area contributed by atoms with E-state index >= 15 is 0 Å². The summed E-state index contributed by atoms with van der Waals surface area (Å²) in [7, 11) is 1.71. The number of hydrogen-bond donors (Lipinski definition) is 0. The van der Waals surface area contributed by atoms with Crippen LogP contribution in [0.15, 0.2) is 37.3 Å². The smallest absolute Gasteiger partial charge is 0.159 e. The Morgan fingerprint density at radius 3 is 2.87 bits per heavy atom. The van der Waals surface area contributed by atoms with Gasteiger partial charge in [-0.1, -0.05) is 19.6 Å². The monoisotopic (exact) mass is 422 g/mol. The maximum Gasteiger partial charge on any atom is 0.159 e. The van der Waals surface area contributed by atoms with Crippen LogP contribution in [0.2, 0.25) is 0 Å². The van der Waals surface area contributed by atoms with E-state index in [0.717, 1.165) is 41.2 Å². The minimum absolute atomic E-state index is 0.0527. The normalized spacial score (nSPS) is 13.7. The van der Waals surface area contributed by atoms with Crippen LogP contribution >= 0.6 is 0 Å². The lowest BCUT2D eigenvalue weighted by Crippen LogP contribution is -2.16. The van der Waals surface area contributed by atoms with Crippen molar-refractivity contribution in [3.05, 3.63) is 48.4 Å². The third-order valence-electron chi connectivity index (χ3n) is 5.69. The van der Waals surface area contributed by atoms with Crippen LogP contribution in [0.5, 0.6) is 5.75 Å². The van der Waals surface area contributed by atoms with E-state index in [-0.39, 0.29) is 6.10 Å². The lowest BCUT2D eigenvalue weighted by molar-refractivity contribution is 0.100. The minimum atomic E-state index is 0.0527. The lowest BCUT2D eigenvalue weighted by atomic mass is 10.00. The van der Waals surface area contributed by atoms with Crippen molar-refractivity contribution in [2.75, 3.05) is 20.3 Å². The molecule has 0 bridgehead atoms. The molecule has 0 aliphatic carbocycles. The molecule has 1 unspecified atom stereocenters. The maximum absolute atomic E-state index is 6.11. The second kappa shape index (κ2) is 8.98. The molecular weight excluding hydrogens is 392 g/mol. The molecule has 0 spiro atoms. The van der Waals surface area contributed by atoms with Crippen LogP contribution in [0, 0.1) is 0 Å². The third-order valence-corrected chi connectivity index (χ3v) is 5.69. The van der Waals surface area contributed by atoms with Crippen LogP contribution in [-0.2, 0) is 29.0 Å². The summed E-state index contributed by atoms with van der Waals surface area (Å²) in [5.74, 6) is 2.38. The molecule has 2 aromatic heterocycles. The molecule has 1 aromatic carbocycles. The van der Waals surface area contributed by atoms with E-state index in [9.17, 15) is 0 Å². The molecule has 1 atom stereocenters. The molecule has 0 radical (unpaired) electrons. The van der Waals surface area contributed by atoms with Gasteiger partial charge in [0.1, 0.15) is 24.4 Å². The number of fused-ring (bicyclic) bond motifs is 3. The van der Waals surface area contributed by atoms with Gasteiger partial charge in [0, 0.05) is 30.0 Å². The Bertz CT molecular complexity index is 1080. The SMILES string of the molecule is C=C(OCC)c1ccc2c(c1)OCCn1cc(-c3ncnn3CC(C)OC)c(CC)c1-2. The predicted octanol–water partition coefficient (Wildman–Crippen LogP) is 4.41. The van der Waals surface area contributed by atoms with E-state index < -0.39 is 0 Å². The van der Waals surface area contributed by atoms with Crippen molar-refractivity contribution in [3.8, 4) is 28.4 Å². The fourth-order valence-electron chi connectivity index (χ4n) is 4.09. The number of methoxy groups -OCH3 is 1. The van der Waals surface area contributed by atoms with Crippen LogP contribution in [-0.4, -0.2) is 45.8 Å².